The van der Waals surface area contributed by atoms with Crippen LogP contribution in [0.2, 0.25) is 0 Å². The molecule has 86 valence electrons. The first-order valence-electron chi connectivity index (χ1n) is 6.25. The Morgan fingerprint density at radius 1 is 1.40 bits per heavy atom. The van der Waals surface area contributed by atoms with Gasteiger partial charge in [-0.25, -0.2) is 4.39 Å². The maximum atomic E-state index is 13.6. The summed E-state index contributed by atoms with van der Waals surface area (Å²) in [6.45, 7) is 4.55. The Hall–Kier alpha value is -0.150. The highest BCUT2D eigenvalue weighted by Gasteiger charge is 2.67. The third-order valence-corrected chi connectivity index (χ3v) is 4.57. The molecule has 3 rings (SSSR count). The van der Waals surface area contributed by atoms with Crippen molar-refractivity contribution in [3.05, 3.63) is 0 Å². The van der Waals surface area contributed by atoms with E-state index >= 15 is 0 Å². The number of rotatable bonds is 3. The van der Waals surface area contributed by atoms with E-state index in [4.69, 9.17) is 4.74 Å². The Bertz CT molecular complexity index is 266. The van der Waals surface area contributed by atoms with Crippen LogP contribution >= 0.6 is 0 Å². The van der Waals surface area contributed by atoms with Gasteiger partial charge in [-0.15, -0.1) is 0 Å². The van der Waals surface area contributed by atoms with Crippen molar-refractivity contribution >= 4 is 0 Å². The lowest BCUT2D eigenvalue weighted by atomic mass is 9.85. The minimum absolute atomic E-state index is 0.0269. The molecule has 3 aliphatic rings. The van der Waals surface area contributed by atoms with Crippen LogP contribution in [0.1, 0.15) is 39.0 Å². The van der Waals surface area contributed by atoms with Gasteiger partial charge in [-0.05, 0) is 39.2 Å². The number of ether oxygens (including phenoxy) is 1. The Morgan fingerprint density at radius 3 is 2.87 bits per heavy atom. The molecule has 0 aromatic heterocycles. The van der Waals surface area contributed by atoms with Gasteiger partial charge in [0.15, 0.2) is 0 Å². The summed E-state index contributed by atoms with van der Waals surface area (Å²) < 4.78 is 19.6. The highest BCUT2D eigenvalue weighted by Crippen LogP contribution is 2.59. The molecule has 0 N–H and O–H groups in total. The van der Waals surface area contributed by atoms with Gasteiger partial charge in [0, 0.05) is 19.6 Å². The maximum absolute atomic E-state index is 13.6. The Morgan fingerprint density at radius 2 is 2.20 bits per heavy atom. The quantitative estimate of drug-likeness (QED) is 0.712. The zero-order valence-corrected chi connectivity index (χ0v) is 9.47. The fourth-order valence-corrected chi connectivity index (χ4v) is 3.94. The molecule has 2 atom stereocenters. The van der Waals surface area contributed by atoms with Crippen LogP contribution in [-0.4, -0.2) is 41.9 Å². The molecule has 0 bridgehead atoms. The lowest BCUT2D eigenvalue weighted by molar-refractivity contribution is -0.0592. The molecular formula is C12H20FNO. The second-order valence-corrected chi connectivity index (χ2v) is 5.31. The molecule has 2 saturated heterocycles. The number of hydrogen-bond donors (Lipinski definition) is 0. The number of nitrogens with zero attached hydrogens (tertiary/aromatic N) is 1. The average Bonchev–Trinajstić information content (AvgIpc) is 2.74. The number of halogens is 1. The van der Waals surface area contributed by atoms with Crippen LogP contribution in [0.25, 0.3) is 0 Å². The fourth-order valence-electron chi connectivity index (χ4n) is 3.94. The molecule has 3 heteroatoms. The van der Waals surface area contributed by atoms with E-state index in [-0.39, 0.29) is 11.1 Å². The molecular weight excluding hydrogens is 193 g/mol. The standard InChI is InChI=1S/C12H20FNO/c1-2-15-12(5-6-12)11-4-3-7-14(11)9-10(13)8-11/h10H,2-9H2,1H3. The largest absolute Gasteiger partial charge is 0.373 e. The molecule has 0 aromatic carbocycles. The van der Waals surface area contributed by atoms with E-state index in [1.165, 1.54) is 6.42 Å². The van der Waals surface area contributed by atoms with Gasteiger partial charge in [0.25, 0.3) is 0 Å². The van der Waals surface area contributed by atoms with Gasteiger partial charge >= 0.3 is 0 Å². The number of hydrogen-bond acceptors (Lipinski definition) is 2. The predicted molar refractivity (Wildman–Crippen MR) is 56.6 cm³/mol. The Kier molecular flexibility index (Phi) is 2.12. The second kappa shape index (κ2) is 3.17. The zero-order chi connectivity index (χ0) is 10.5. The lowest BCUT2D eigenvalue weighted by Crippen LogP contribution is -2.51. The van der Waals surface area contributed by atoms with Gasteiger partial charge in [-0.2, -0.15) is 0 Å². The van der Waals surface area contributed by atoms with E-state index in [0.717, 1.165) is 32.4 Å². The summed E-state index contributed by atoms with van der Waals surface area (Å²) in [5.41, 5.74) is 0.0987. The molecule has 2 aliphatic heterocycles. The maximum Gasteiger partial charge on any atom is 0.115 e. The van der Waals surface area contributed by atoms with Crippen molar-refractivity contribution in [2.45, 2.75) is 56.3 Å². The predicted octanol–water partition coefficient (Wildman–Crippen LogP) is 2.13. The summed E-state index contributed by atoms with van der Waals surface area (Å²) in [6, 6.07) is 0. The first-order chi connectivity index (χ1) is 7.22. The van der Waals surface area contributed by atoms with E-state index in [9.17, 15) is 4.39 Å². The molecule has 1 aliphatic carbocycles. The molecule has 2 nitrogen and oxygen atoms in total. The Labute approximate surface area is 90.8 Å². The van der Waals surface area contributed by atoms with E-state index in [0.29, 0.717) is 13.0 Å². The van der Waals surface area contributed by atoms with Crippen LogP contribution in [0.5, 0.6) is 0 Å². The molecule has 2 heterocycles. The summed E-state index contributed by atoms with van der Waals surface area (Å²) in [5.74, 6) is 0. The second-order valence-electron chi connectivity index (χ2n) is 5.31. The smallest absolute Gasteiger partial charge is 0.115 e. The van der Waals surface area contributed by atoms with Crippen LogP contribution in [-0.2, 0) is 4.74 Å². The first-order valence-corrected chi connectivity index (χ1v) is 6.25. The molecule has 0 spiro atoms. The molecule has 3 fully saturated rings. The third-order valence-electron chi connectivity index (χ3n) is 4.57. The number of fused-ring (bicyclic) bond motifs is 1. The van der Waals surface area contributed by atoms with Crippen LogP contribution < -0.4 is 0 Å². The van der Waals surface area contributed by atoms with Crippen molar-refractivity contribution in [1.82, 2.24) is 4.90 Å². The molecule has 15 heavy (non-hydrogen) atoms. The van der Waals surface area contributed by atoms with Crippen LogP contribution in [0, 0.1) is 0 Å². The van der Waals surface area contributed by atoms with Crippen LogP contribution in [0.3, 0.4) is 0 Å². The monoisotopic (exact) mass is 213 g/mol. The van der Waals surface area contributed by atoms with Crippen LogP contribution in [0.15, 0.2) is 0 Å². The van der Waals surface area contributed by atoms with Gasteiger partial charge in [-0.3, -0.25) is 4.90 Å². The summed E-state index contributed by atoms with van der Waals surface area (Å²) in [6.07, 6.45) is 4.75. The molecule has 0 amide bonds. The van der Waals surface area contributed by atoms with Crippen molar-refractivity contribution in [3.63, 3.8) is 0 Å². The summed E-state index contributed by atoms with van der Waals surface area (Å²) in [5, 5.41) is 0. The normalized spacial score (nSPS) is 43.2. The number of alkyl halides is 1. The Balaban J connectivity index is 1.88. The van der Waals surface area contributed by atoms with Crippen molar-refractivity contribution < 1.29 is 9.13 Å². The van der Waals surface area contributed by atoms with Crippen LogP contribution in [0.4, 0.5) is 4.39 Å². The van der Waals surface area contributed by atoms with E-state index in [2.05, 4.69) is 11.8 Å². The van der Waals surface area contributed by atoms with Crippen molar-refractivity contribution in [2.24, 2.45) is 0 Å². The van der Waals surface area contributed by atoms with Gasteiger partial charge in [0.1, 0.15) is 6.17 Å². The minimum Gasteiger partial charge on any atom is -0.373 e. The van der Waals surface area contributed by atoms with Gasteiger partial charge in [0.2, 0.25) is 0 Å². The third kappa shape index (κ3) is 1.22. The SMILES string of the molecule is CCOC1(C23CCCN2CC(F)C3)CC1. The minimum atomic E-state index is -0.622. The van der Waals surface area contributed by atoms with E-state index in [1.54, 1.807) is 0 Å². The lowest BCUT2D eigenvalue weighted by Gasteiger charge is -2.40. The van der Waals surface area contributed by atoms with Gasteiger partial charge in [-0.1, -0.05) is 0 Å². The van der Waals surface area contributed by atoms with Crippen molar-refractivity contribution in [3.8, 4) is 0 Å². The zero-order valence-electron chi connectivity index (χ0n) is 9.47. The molecule has 1 saturated carbocycles. The molecule has 0 aromatic rings. The highest BCUT2D eigenvalue weighted by molar-refractivity contribution is 5.21. The van der Waals surface area contributed by atoms with Crippen molar-refractivity contribution in [1.29, 1.82) is 0 Å². The average molecular weight is 213 g/mol. The molecule has 0 radical (unpaired) electrons. The summed E-state index contributed by atoms with van der Waals surface area (Å²) in [7, 11) is 0. The summed E-state index contributed by atoms with van der Waals surface area (Å²) >= 11 is 0. The van der Waals surface area contributed by atoms with Gasteiger partial charge < -0.3 is 4.74 Å². The molecule has 2 unspecified atom stereocenters. The fraction of sp³-hybridized carbons (Fsp3) is 1.00. The first kappa shape index (κ1) is 10.0. The highest BCUT2D eigenvalue weighted by atomic mass is 19.1. The van der Waals surface area contributed by atoms with E-state index in [1.807, 2.05) is 0 Å². The van der Waals surface area contributed by atoms with Crippen molar-refractivity contribution in [2.75, 3.05) is 19.7 Å². The van der Waals surface area contributed by atoms with E-state index < -0.39 is 6.17 Å². The summed E-state index contributed by atoms with van der Waals surface area (Å²) in [4.78, 5) is 2.38. The van der Waals surface area contributed by atoms with Gasteiger partial charge in [0.05, 0.1) is 11.1 Å². The topological polar surface area (TPSA) is 12.5 Å².